The van der Waals surface area contributed by atoms with E-state index < -0.39 is 35.1 Å². The summed E-state index contributed by atoms with van der Waals surface area (Å²) >= 11 is 0. The van der Waals surface area contributed by atoms with Crippen molar-refractivity contribution in [2.24, 2.45) is 5.73 Å². The maximum absolute atomic E-state index is 13.8. The molecule has 2 aromatic carbocycles. The van der Waals surface area contributed by atoms with Crippen LogP contribution in [0, 0.1) is 5.82 Å². The first kappa shape index (κ1) is 19.9. The third kappa shape index (κ3) is 4.03. The van der Waals surface area contributed by atoms with Crippen molar-refractivity contribution in [3.8, 4) is 5.69 Å². The van der Waals surface area contributed by atoms with Gasteiger partial charge in [-0.3, -0.25) is 14.2 Å². The van der Waals surface area contributed by atoms with Crippen LogP contribution in [0.1, 0.15) is 26.4 Å². The van der Waals surface area contributed by atoms with E-state index in [1.807, 2.05) is 0 Å². The normalized spacial score (nSPS) is 11.3. The highest BCUT2D eigenvalue weighted by Gasteiger charge is 2.31. The quantitative estimate of drug-likeness (QED) is 0.577. The number of carbonyl (C=O) groups excluding carboxylic acids is 2. The predicted octanol–water partition coefficient (Wildman–Crippen LogP) is 2.96. The summed E-state index contributed by atoms with van der Waals surface area (Å²) in [5, 5.41) is 2.11. The van der Waals surface area contributed by atoms with Crippen LogP contribution in [0.4, 0.5) is 29.1 Å². The number of nitrogen functional groups attached to an aromatic ring is 1. The molecule has 1 aromatic heterocycles. The Bertz CT molecular complexity index is 1090. The van der Waals surface area contributed by atoms with E-state index in [0.29, 0.717) is 23.9 Å². The number of aromatic nitrogens is 2. The lowest BCUT2D eigenvalue weighted by atomic mass is 10.1. The number of carbonyl (C=O) groups is 2. The number of nitrogens with zero attached hydrogens (tertiary/aromatic N) is 2. The van der Waals surface area contributed by atoms with Crippen molar-refractivity contribution in [3.63, 3.8) is 0 Å². The monoisotopic (exact) mass is 407 g/mol. The van der Waals surface area contributed by atoms with Crippen LogP contribution >= 0.6 is 0 Å². The van der Waals surface area contributed by atoms with E-state index in [2.05, 4.69) is 10.3 Å². The van der Waals surface area contributed by atoms with Gasteiger partial charge in [-0.1, -0.05) is 0 Å². The molecule has 0 saturated heterocycles. The van der Waals surface area contributed by atoms with Gasteiger partial charge in [0.05, 0.1) is 11.3 Å². The van der Waals surface area contributed by atoms with Gasteiger partial charge in [0, 0.05) is 11.3 Å². The Balaban J connectivity index is 1.82. The van der Waals surface area contributed by atoms with Crippen LogP contribution in [0.2, 0.25) is 0 Å². The molecule has 3 aromatic rings. The van der Waals surface area contributed by atoms with Crippen molar-refractivity contribution < 1.29 is 27.2 Å². The van der Waals surface area contributed by atoms with Crippen LogP contribution in [-0.4, -0.2) is 21.4 Å². The summed E-state index contributed by atoms with van der Waals surface area (Å²) in [4.78, 5) is 27.3. The summed E-state index contributed by atoms with van der Waals surface area (Å²) in [6.45, 7) is 0. The lowest BCUT2D eigenvalue weighted by Gasteiger charge is -2.11. The number of hydrogen-bond donors (Lipinski definition) is 3. The van der Waals surface area contributed by atoms with Gasteiger partial charge in [-0.05, 0) is 42.5 Å². The van der Waals surface area contributed by atoms with Crippen LogP contribution in [0.15, 0.2) is 48.8 Å². The Morgan fingerprint density at radius 3 is 2.28 bits per heavy atom. The molecule has 0 unspecified atom stereocenters. The molecule has 0 aliphatic carbocycles. The molecular weight excluding hydrogens is 394 g/mol. The SMILES string of the molecule is NC(=O)c1ncn(-c2ccc(C(=O)Nc3cc(C(F)(F)F)ccc3F)cc2)c1N. The number of anilines is 2. The van der Waals surface area contributed by atoms with Crippen LogP contribution in [-0.2, 0) is 6.18 Å². The molecule has 1 heterocycles. The average molecular weight is 407 g/mol. The average Bonchev–Trinajstić information content (AvgIpc) is 3.04. The van der Waals surface area contributed by atoms with Gasteiger partial charge in [-0.25, -0.2) is 9.37 Å². The molecule has 0 atom stereocenters. The fourth-order valence-corrected chi connectivity index (χ4v) is 2.52. The summed E-state index contributed by atoms with van der Waals surface area (Å²) in [5.41, 5.74) is 9.63. The molecule has 11 heteroatoms. The van der Waals surface area contributed by atoms with Crippen molar-refractivity contribution in [1.82, 2.24) is 9.55 Å². The molecular formula is C18H13F4N5O2. The van der Waals surface area contributed by atoms with Crippen molar-refractivity contribution in [1.29, 1.82) is 0 Å². The van der Waals surface area contributed by atoms with E-state index in [9.17, 15) is 27.2 Å². The summed E-state index contributed by atoms with van der Waals surface area (Å²) in [6, 6.07) is 7.33. The third-order valence-electron chi connectivity index (χ3n) is 3.99. The van der Waals surface area contributed by atoms with E-state index >= 15 is 0 Å². The second kappa shape index (κ2) is 7.26. The van der Waals surface area contributed by atoms with E-state index in [0.717, 1.165) is 0 Å². The Morgan fingerprint density at radius 1 is 1.07 bits per heavy atom. The van der Waals surface area contributed by atoms with Crippen LogP contribution in [0.3, 0.4) is 0 Å². The molecule has 0 saturated carbocycles. The van der Waals surface area contributed by atoms with Gasteiger partial charge in [0.15, 0.2) is 5.69 Å². The van der Waals surface area contributed by atoms with Gasteiger partial charge in [-0.15, -0.1) is 0 Å². The summed E-state index contributed by atoms with van der Waals surface area (Å²) < 4.78 is 53.4. The van der Waals surface area contributed by atoms with E-state index in [-0.39, 0.29) is 17.1 Å². The lowest BCUT2D eigenvalue weighted by molar-refractivity contribution is -0.137. The first-order chi connectivity index (χ1) is 13.6. The zero-order valence-corrected chi connectivity index (χ0v) is 14.5. The van der Waals surface area contributed by atoms with Crippen molar-refractivity contribution >= 4 is 23.3 Å². The highest BCUT2D eigenvalue weighted by atomic mass is 19.4. The van der Waals surface area contributed by atoms with Crippen LogP contribution < -0.4 is 16.8 Å². The van der Waals surface area contributed by atoms with Gasteiger partial charge in [-0.2, -0.15) is 13.2 Å². The van der Waals surface area contributed by atoms with Crippen molar-refractivity contribution in [2.45, 2.75) is 6.18 Å². The van der Waals surface area contributed by atoms with Crippen LogP contribution in [0.5, 0.6) is 0 Å². The fourth-order valence-electron chi connectivity index (χ4n) is 2.52. The number of imidazole rings is 1. The van der Waals surface area contributed by atoms with Gasteiger partial charge in [0.2, 0.25) is 0 Å². The number of alkyl halides is 3. The molecule has 7 nitrogen and oxygen atoms in total. The minimum absolute atomic E-state index is 0.000684. The topological polar surface area (TPSA) is 116 Å². The predicted molar refractivity (Wildman–Crippen MR) is 95.8 cm³/mol. The van der Waals surface area contributed by atoms with Gasteiger partial charge in [0.25, 0.3) is 11.8 Å². The minimum atomic E-state index is -4.68. The number of nitrogens with one attached hydrogen (secondary N) is 1. The molecule has 5 N–H and O–H groups in total. The highest BCUT2D eigenvalue weighted by Crippen LogP contribution is 2.32. The van der Waals surface area contributed by atoms with Crippen LogP contribution in [0.25, 0.3) is 5.69 Å². The number of nitrogens with two attached hydrogens (primary N) is 2. The fraction of sp³-hybridized carbons (Fsp3) is 0.0556. The second-order valence-corrected chi connectivity index (χ2v) is 5.91. The molecule has 3 rings (SSSR count). The molecule has 0 fully saturated rings. The number of primary amides is 1. The van der Waals surface area contributed by atoms with Crippen molar-refractivity contribution in [3.05, 3.63) is 71.4 Å². The summed E-state index contributed by atoms with van der Waals surface area (Å²) in [7, 11) is 0. The van der Waals surface area contributed by atoms with E-state index in [1.54, 1.807) is 0 Å². The molecule has 0 aliphatic heterocycles. The Morgan fingerprint density at radius 2 is 1.72 bits per heavy atom. The molecule has 150 valence electrons. The standard InChI is InChI=1S/C18H13F4N5O2/c19-12-6-3-10(18(20,21)22)7-13(12)26-17(29)9-1-4-11(5-2-9)27-8-25-14(15(27)23)16(24)28/h1-8H,23H2,(H2,24,28)(H,26,29). The molecule has 0 aliphatic rings. The molecule has 29 heavy (non-hydrogen) atoms. The molecule has 0 bridgehead atoms. The van der Waals surface area contributed by atoms with Gasteiger partial charge in [0.1, 0.15) is 18.0 Å². The first-order valence-corrected chi connectivity index (χ1v) is 7.99. The zero-order chi connectivity index (χ0) is 21.3. The summed E-state index contributed by atoms with van der Waals surface area (Å²) in [6.07, 6.45) is -3.41. The molecule has 0 radical (unpaired) electrons. The summed E-state index contributed by atoms with van der Waals surface area (Å²) in [5.74, 6) is -2.62. The molecule has 0 spiro atoms. The lowest BCUT2D eigenvalue weighted by Crippen LogP contribution is -2.15. The minimum Gasteiger partial charge on any atom is -0.383 e. The zero-order valence-electron chi connectivity index (χ0n) is 14.5. The second-order valence-electron chi connectivity index (χ2n) is 5.91. The van der Waals surface area contributed by atoms with E-state index in [4.69, 9.17) is 11.5 Å². The number of rotatable bonds is 4. The Kier molecular flexibility index (Phi) is 4.97. The highest BCUT2D eigenvalue weighted by molar-refractivity contribution is 6.04. The molecule has 2 amide bonds. The van der Waals surface area contributed by atoms with E-state index in [1.165, 1.54) is 35.2 Å². The smallest absolute Gasteiger partial charge is 0.383 e. The number of amides is 2. The first-order valence-electron chi connectivity index (χ1n) is 7.99. The Hall–Kier alpha value is -3.89. The Labute approximate surface area is 160 Å². The number of benzene rings is 2. The van der Waals surface area contributed by atoms with Crippen molar-refractivity contribution in [2.75, 3.05) is 11.1 Å². The largest absolute Gasteiger partial charge is 0.416 e. The maximum Gasteiger partial charge on any atom is 0.416 e. The van der Waals surface area contributed by atoms with Gasteiger partial charge >= 0.3 is 6.18 Å². The number of hydrogen-bond acceptors (Lipinski definition) is 4. The van der Waals surface area contributed by atoms with Gasteiger partial charge < -0.3 is 16.8 Å². The third-order valence-corrected chi connectivity index (χ3v) is 3.99. The maximum atomic E-state index is 13.8. The number of halogens is 4.